The van der Waals surface area contributed by atoms with Crippen LogP contribution in [0.1, 0.15) is 12.5 Å². The van der Waals surface area contributed by atoms with Gasteiger partial charge in [0.05, 0.1) is 11.3 Å². The summed E-state index contributed by atoms with van der Waals surface area (Å²) in [5, 5.41) is 20.7. The number of anilines is 2. The zero-order chi connectivity index (χ0) is 13.0. The molecule has 0 spiro atoms. The molecule has 2 rings (SSSR count). The van der Waals surface area contributed by atoms with Gasteiger partial charge in [-0.25, -0.2) is 0 Å². The molecule has 0 aliphatic carbocycles. The zero-order valence-electron chi connectivity index (χ0n) is 10.0. The predicted molar refractivity (Wildman–Crippen MR) is 75.3 cm³/mol. The second kappa shape index (κ2) is 5.85. The molecule has 1 aromatic carbocycles. The summed E-state index contributed by atoms with van der Waals surface area (Å²) in [5.74, 6) is 0. The molecule has 0 unspecified atom stereocenters. The summed E-state index contributed by atoms with van der Waals surface area (Å²) in [6.45, 7) is 3.89. The average Bonchev–Trinajstić information content (AvgIpc) is 2.79. The second-order valence-corrected chi connectivity index (χ2v) is 6.27. The summed E-state index contributed by atoms with van der Waals surface area (Å²) in [5.41, 5.74) is 2.19. The standard InChI is InChI=1S/C12H12N4S2/c1-8-5-3-4-6-10(8)14-11-15-16-12(18-11)17-9(2)7-13/h3-6,9H,1-2H3,(H,14,15)/t9-/m1/s1. The first-order valence-electron chi connectivity index (χ1n) is 5.41. The lowest BCUT2D eigenvalue weighted by Crippen LogP contribution is -1.91. The lowest BCUT2D eigenvalue weighted by atomic mass is 10.2. The van der Waals surface area contributed by atoms with E-state index in [9.17, 15) is 0 Å². The first-order chi connectivity index (χ1) is 8.69. The molecule has 2 aromatic rings. The van der Waals surface area contributed by atoms with Gasteiger partial charge in [0, 0.05) is 5.69 Å². The van der Waals surface area contributed by atoms with Gasteiger partial charge in [0.2, 0.25) is 5.13 Å². The first-order valence-corrected chi connectivity index (χ1v) is 7.11. The van der Waals surface area contributed by atoms with E-state index in [1.165, 1.54) is 23.1 Å². The number of aryl methyl sites for hydroxylation is 1. The van der Waals surface area contributed by atoms with Crippen LogP contribution in [-0.4, -0.2) is 15.4 Å². The van der Waals surface area contributed by atoms with Crippen molar-refractivity contribution in [3.63, 3.8) is 0 Å². The number of hydrogen-bond donors (Lipinski definition) is 1. The van der Waals surface area contributed by atoms with Crippen LogP contribution < -0.4 is 5.32 Å². The van der Waals surface area contributed by atoms with E-state index in [0.29, 0.717) is 0 Å². The Labute approximate surface area is 114 Å². The van der Waals surface area contributed by atoms with Gasteiger partial charge < -0.3 is 5.32 Å². The number of hydrogen-bond acceptors (Lipinski definition) is 6. The van der Waals surface area contributed by atoms with Gasteiger partial charge in [-0.05, 0) is 25.5 Å². The molecule has 92 valence electrons. The summed E-state index contributed by atoms with van der Waals surface area (Å²) in [7, 11) is 0. The van der Waals surface area contributed by atoms with E-state index < -0.39 is 0 Å². The highest BCUT2D eigenvalue weighted by molar-refractivity contribution is 8.01. The Morgan fingerprint density at radius 2 is 2.17 bits per heavy atom. The third-order valence-electron chi connectivity index (χ3n) is 2.25. The van der Waals surface area contributed by atoms with E-state index in [2.05, 4.69) is 21.6 Å². The predicted octanol–water partition coefficient (Wildman–Crippen LogP) is 3.59. The van der Waals surface area contributed by atoms with Crippen molar-refractivity contribution in [1.82, 2.24) is 10.2 Å². The summed E-state index contributed by atoms with van der Waals surface area (Å²) in [4.78, 5) is 0. The fourth-order valence-corrected chi connectivity index (χ4v) is 3.11. The molecule has 6 heteroatoms. The van der Waals surface area contributed by atoms with Crippen molar-refractivity contribution in [2.75, 3.05) is 5.32 Å². The van der Waals surface area contributed by atoms with Gasteiger partial charge in [-0.2, -0.15) is 5.26 Å². The van der Waals surface area contributed by atoms with Crippen LogP contribution in [0.2, 0.25) is 0 Å². The highest BCUT2D eigenvalue weighted by atomic mass is 32.2. The second-order valence-electron chi connectivity index (χ2n) is 3.70. The van der Waals surface area contributed by atoms with Gasteiger partial charge in [-0.1, -0.05) is 41.3 Å². The zero-order valence-corrected chi connectivity index (χ0v) is 11.7. The van der Waals surface area contributed by atoms with Crippen LogP contribution in [0.3, 0.4) is 0 Å². The van der Waals surface area contributed by atoms with Gasteiger partial charge in [-0.15, -0.1) is 10.2 Å². The molecular formula is C12H12N4S2. The van der Waals surface area contributed by atoms with Crippen LogP contribution in [0.25, 0.3) is 0 Å². The molecular weight excluding hydrogens is 264 g/mol. The van der Waals surface area contributed by atoms with Crippen molar-refractivity contribution < 1.29 is 0 Å². The van der Waals surface area contributed by atoms with Crippen LogP contribution in [0, 0.1) is 18.3 Å². The molecule has 0 aliphatic rings. The molecule has 0 saturated heterocycles. The van der Waals surface area contributed by atoms with Crippen molar-refractivity contribution in [3.8, 4) is 6.07 Å². The number of aromatic nitrogens is 2. The minimum atomic E-state index is -0.107. The lowest BCUT2D eigenvalue weighted by molar-refractivity contribution is 1.01. The topological polar surface area (TPSA) is 61.6 Å². The van der Waals surface area contributed by atoms with Gasteiger partial charge in [0.15, 0.2) is 4.34 Å². The summed E-state index contributed by atoms with van der Waals surface area (Å²) in [6.07, 6.45) is 0. The van der Waals surface area contributed by atoms with E-state index in [0.717, 1.165) is 20.7 Å². The van der Waals surface area contributed by atoms with Crippen LogP contribution in [-0.2, 0) is 0 Å². The minimum Gasteiger partial charge on any atom is -0.330 e. The maximum atomic E-state index is 8.74. The number of benzene rings is 1. The number of nitriles is 1. The van der Waals surface area contributed by atoms with Crippen molar-refractivity contribution in [1.29, 1.82) is 5.26 Å². The molecule has 0 radical (unpaired) electrons. The molecule has 0 saturated carbocycles. The smallest absolute Gasteiger partial charge is 0.210 e. The van der Waals surface area contributed by atoms with Gasteiger partial charge in [-0.3, -0.25) is 0 Å². The maximum absolute atomic E-state index is 8.74. The number of rotatable bonds is 4. The van der Waals surface area contributed by atoms with E-state index in [4.69, 9.17) is 5.26 Å². The molecule has 0 bridgehead atoms. The quantitative estimate of drug-likeness (QED) is 0.865. The normalized spacial score (nSPS) is 11.8. The Morgan fingerprint density at radius 1 is 1.39 bits per heavy atom. The third kappa shape index (κ3) is 3.22. The molecule has 0 aliphatic heterocycles. The van der Waals surface area contributed by atoms with Crippen LogP contribution in [0.4, 0.5) is 10.8 Å². The number of para-hydroxylation sites is 1. The van der Waals surface area contributed by atoms with E-state index in [1.807, 2.05) is 38.1 Å². The fourth-order valence-electron chi connectivity index (χ4n) is 1.31. The lowest BCUT2D eigenvalue weighted by Gasteiger charge is -2.04. The molecule has 1 aromatic heterocycles. The number of nitrogens with zero attached hydrogens (tertiary/aromatic N) is 3. The Hall–Kier alpha value is -1.58. The van der Waals surface area contributed by atoms with Crippen LogP contribution in [0.15, 0.2) is 28.6 Å². The number of nitrogens with one attached hydrogen (secondary N) is 1. The largest absolute Gasteiger partial charge is 0.330 e. The Morgan fingerprint density at radius 3 is 2.89 bits per heavy atom. The Bertz CT molecular complexity index is 573. The van der Waals surface area contributed by atoms with Crippen molar-refractivity contribution in [3.05, 3.63) is 29.8 Å². The molecule has 18 heavy (non-hydrogen) atoms. The van der Waals surface area contributed by atoms with E-state index in [-0.39, 0.29) is 5.25 Å². The third-order valence-corrected chi connectivity index (χ3v) is 4.17. The van der Waals surface area contributed by atoms with Crippen molar-refractivity contribution in [2.24, 2.45) is 0 Å². The Balaban J connectivity index is 2.08. The highest BCUT2D eigenvalue weighted by Gasteiger charge is 2.09. The minimum absolute atomic E-state index is 0.107. The highest BCUT2D eigenvalue weighted by Crippen LogP contribution is 2.30. The summed E-state index contributed by atoms with van der Waals surface area (Å²) in [6, 6.07) is 10.2. The molecule has 4 nitrogen and oxygen atoms in total. The molecule has 1 N–H and O–H groups in total. The first kappa shape index (κ1) is 12.9. The monoisotopic (exact) mass is 276 g/mol. The van der Waals surface area contributed by atoms with Gasteiger partial charge in [0.1, 0.15) is 0 Å². The fraction of sp³-hybridized carbons (Fsp3) is 0.250. The maximum Gasteiger partial charge on any atom is 0.210 e. The average molecular weight is 276 g/mol. The Kier molecular flexibility index (Phi) is 4.18. The summed E-state index contributed by atoms with van der Waals surface area (Å²) >= 11 is 2.88. The van der Waals surface area contributed by atoms with E-state index in [1.54, 1.807) is 0 Å². The molecule has 0 fully saturated rings. The molecule has 1 atom stereocenters. The molecule has 0 amide bonds. The van der Waals surface area contributed by atoms with Crippen molar-refractivity contribution in [2.45, 2.75) is 23.4 Å². The SMILES string of the molecule is Cc1ccccc1Nc1nnc(S[C@H](C)C#N)s1. The molecule has 1 heterocycles. The van der Waals surface area contributed by atoms with Crippen molar-refractivity contribution >= 4 is 33.9 Å². The number of thioether (sulfide) groups is 1. The van der Waals surface area contributed by atoms with Gasteiger partial charge in [0.25, 0.3) is 0 Å². The summed E-state index contributed by atoms with van der Waals surface area (Å²) < 4.78 is 0.806. The van der Waals surface area contributed by atoms with Crippen LogP contribution in [0.5, 0.6) is 0 Å². The van der Waals surface area contributed by atoms with E-state index >= 15 is 0 Å². The van der Waals surface area contributed by atoms with Crippen LogP contribution >= 0.6 is 23.1 Å². The van der Waals surface area contributed by atoms with Gasteiger partial charge >= 0.3 is 0 Å².